The highest BCUT2D eigenvalue weighted by Gasteiger charge is 2.32. The van der Waals surface area contributed by atoms with Gasteiger partial charge in [-0.05, 0) is 36.6 Å². The Morgan fingerprint density at radius 2 is 2.16 bits per heavy atom. The molecule has 1 atom stereocenters. The van der Waals surface area contributed by atoms with E-state index in [1.165, 1.54) is 11.3 Å². The molecule has 2 aliphatic heterocycles. The van der Waals surface area contributed by atoms with Gasteiger partial charge in [0.1, 0.15) is 5.76 Å². The Hall–Kier alpha value is -2.07. The fourth-order valence-electron chi connectivity index (χ4n) is 4.43. The van der Waals surface area contributed by atoms with Crippen LogP contribution in [0.3, 0.4) is 0 Å². The van der Waals surface area contributed by atoms with Gasteiger partial charge in [-0.1, -0.05) is 18.2 Å². The maximum absolute atomic E-state index is 12.0. The maximum Gasteiger partial charge on any atom is 0.222 e. The van der Waals surface area contributed by atoms with Crippen molar-refractivity contribution in [2.24, 2.45) is 4.99 Å². The van der Waals surface area contributed by atoms with Gasteiger partial charge in [0.15, 0.2) is 5.96 Å². The molecule has 8 heteroatoms. The minimum absolute atomic E-state index is 0. The molecule has 1 aromatic heterocycles. The van der Waals surface area contributed by atoms with Gasteiger partial charge in [0.2, 0.25) is 5.91 Å². The Labute approximate surface area is 207 Å². The summed E-state index contributed by atoms with van der Waals surface area (Å²) in [5.41, 5.74) is 2.53. The number of guanidine groups is 1. The minimum atomic E-state index is 0. The number of furan rings is 1. The second-order valence-electron chi connectivity index (χ2n) is 8.09. The first-order valence-corrected chi connectivity index (χ1v) is 11.2. The van der Waals surface area contributed by atoms with Crippen molar-refractivity contribution in [3.8, 4) is 0 Å². The number of nitrogens with zero attached hydrogens (tertiary/aromatic N) is 3. The number of carbonyl (C=O) groups is 1. The van der Waals surface area contributed by atoms with E-state index in [-0.39, 0.29) is 24.0 Å². The SMILES string of the molecule is COCCN=C(NCCc1ccco1)N1CC(CCN2CCCC2=O)c2ccccc21.I. The number of amides is 1. The number of methoxy groups -OCH3 is 1. The Morgan fingerprint density at radius 3 is 2.91 bits per heavy atom. The summed E-state index contributed by atoms with van der Waals surface area (Å²) in [7, 11) is 1.69. The van der Waals surface area contributed by atoms with E-state index in [2.05, 4.69) is 34.5 Å². The van der Waals surface area contributed by atoms with Crippen LogP contribution in [0.2, 0.25) is 0 Å². The lowest BCUT2D eigenvalue weighted by atomic mass is 9.98. The normalized spacial score (nSPS) is 18.1. The summed E-state index contributed by atoms with van der Waals surface area (Å²) in [5, 5.41) is 3.52. The predicted octanol–water partition coefficient (Wildman–Crippen LogP) is 3.65. The average Bonchev–Trinajstić information content (AvgIpc) is 3.52. The molecule has 1 saturated heterocycles. The molecule has 32 heavy (non-hydrogen) atoms. The fraction of sp³-hybridized carbons (Fsp3) is 0.500. The predicted molar refractivity (Wildman–Crippen MR) is 137 cm³/mol. The third-order valence-corrected chi connectivity index (χ3v) is 6.04. The number of rotatable bonds is 9. The van der Waals surface area contributed by atoms with E-state index in [0.29, 0.717) is 31.4 Å². The summed E-state index contributed by atoms with van der Waals surface area (Å²) in [5.74, 6) is 2.50. The Balaban J connectivity index is 0.00000289. The quantitative estimate of drug-likeness (QED) is 0.223. The van der Waals surface area contributed by atoms with Gasteiger partial charge in [-0.3, -0.25) is 9.79 Å². The van der Waals surface area contributed by atoms with Gasteiger partial charge < -0.3 is 24.3 Å². The molecule has 1 amide bonds. The smallest absolute Gasteiger partial charge is 0.222 e. The molecular formula is C24H33IN4O3. The molecule has 3 heterocycles. The Kier molecular flexibility index (Phi) is 9.40. The van der Waals surface area contributed by atoms with Crippen molar-refractivity contribution >= 4 is 41.5 Å². The Morgan fingerprint density at radius 1 is 1.28 bits per heavy atom. The van der Waals surface area contributed by atoms with Crippen molar-refractivity contribution in [3.63, 3.8) is 0 Å². The number of anilines is 1. The van der Waals surface area contributed by atoms with Gasteiger partial charge in [0.25, 0.3) is 0 Å². The number of hydrogen-bond acceptors (Lipinski definition) is 4. The first-order chi connectivity index (χ1) is 15.3. The van der Waals surface area contributed by atoms with Crippen LogP contribution in [-0.4, -0.2) is 63.2 Å². The average molecular weight is 552 g/mol. The van der Waals surface area contributed by atoms with Gasteiger partial charge in [-0.25, -0.2) is 0 Å². The van der Waals surface area contributed by atoms with Gasteiger partial charge in [-0.15, -0.1) is 24.0 Å². The molecule has 0 saturated carbocycles. The van der Waals surface area contributed by atoms with Crippen LogP contribution in [0.15, 0.2) is 52.1 Å². The highest BCUT2D eigenvalue weighted by molar-refractivity contribution is 14.0. The summed E-state index contributed by atoms with van der Waals surface area (Å²) >= 11 is 0. The summed E-state index contributed by atoms with van der Waals surface area (Å²) in [4.78, 5) is 21.1. The van der Waals surface area contributed by atoms with Gasteiger partial charge in [0, 0.05) is 57.7 Å². The van der Waals surface area contributed by atoms with Crippen LogP contribution in [0.4, 0.5) is 5.69 Å². The molecule has 1 N–H and O–H groups in total. The van der Waals surface area contributed by atoms with Crippen LogP contribution < -0.4 is 10.2 Å². The number of carbonyl (C=O) groups excluding carboxylic acids is 1. The van der Waals surface area contributed by atoms with Crippen LogP contribution in [0, 0.1) is 0 Å². The van der Waals surface area contributed by atoms with E-state index in [1.54, 1.807) is 13.4 Å². The van der Waals surface area contributed by atoms with Crippen molar-refractivity contribution in [3.05, 3.63) is 54.0 Å². The van der Waals surface area contributed by atoms with Crippen LogP contribution in [0.1, 0.15) is 36.5 Å². The summed E-state index contributed by atoms with van der Waals surface area (Å²) in [6.07, 6.45) is 5.16. The van der Waals surface area contributed by atoms with E-state index >= 15 is 0 Å². The van der Waals surface area contributed by atoms with Crippen LogP contribution >= 0.6 is 24.0 Å². The standard InChI is InChI=1S/C24H32N4O3.HI/c1-30-17-13-26-24(25-12-10-20-6-5-16-31-20)28-18-19(21-7-2-3-8-22(21)28)11-15-27-14-4-9-23(27)29;/h2-3,5-8,16,19H,4,9-15,17-18H2,1H3,(H,25,26);1H. The Bertz CT molecular complexity index is 887. The molecule has 2 aliphatic rings. The summed E-state index contributed by atoms with van der Waals surface area (Å²) in [6.45, 7) is 4.51. The molecule has 7 nitrogen and oxygen atoms in total. The number of likely N-dealkylation sites (tertiary alicyclic amines) is 1. The number of aliphatic imine (C=N–C) groups is 1. The molecule has 4 rings (SSSR count). The van der Waals surface area contributed by atoms with Gasteiger partial charge in [0.05, 0.1) is 19.4 Å². The number of hydrogen-bond donors (Lipinski definition) is 1. The third-order valence-electron chi connectivity index (χ3n) is 6.04. The number of halogens is 1. The lowest BCUT2D eigenvalue weighted by Crippen LogP contribution is -2.42. The molecule has 1 unspecified atom stereocenters. The van der Waals surface area contributed by atoms with Crippen LogP contribution in [0.25, 0.3) is 0 Å². The van der Waals surface area contributed by atoms with E-state index in [9.17, 15) is 4.79 Å². The molecule has 1 aromatic carbocycles. The first kappa shape index (κ1) is 24.6. The van der Waals surface area contributed by atoms with Crippen molar-refractivity contribution in [2.75, 3.05) is 51.3 Å². The highest BCUT2D eigenvalue weighted by atomic mass is 127. The van der Waals surface area contributed by atoms with Crippen molar-refractivity contribution < 1.29 is 13.9 Å². The monoisotopic (exact) mass is 552 g/mol. The molecule has 0 bridgehead atoms. The first-order valence-electron chi connectivity index (χ1n) is 11.2. The summed E-state index contributed by atoms with van der Waals surface area (Å²) in [6, 6.07) is 12.5. The number of benzene rings is 1. The zero-order valence-electron chi connectivity index (χ0n) is 18.7. The van der Waals surface area contributed by atoms with E-state index in [1.807, 2.05) is 17.0 Å². The van der Waals surface area contributed by atoms with E-state index < -0.39 is 0 Å². The van der Waals surface area contributed by atoms with Crippen molar-refractivity contribution in [2.45, 2.75) is 31.6 Å². The molecule has 174 valence electrons. The lowest BCUT2D eigenvalue weighted by Gasteiger charge is -2.24. The number of ether oxygens (including phenoxy) is 1. The largest absolute Gasteiger partial charge is 0.469 e. The van der Waals surface area contributed by atoms with Gasteiger partial charge in [-0.2, -0.15) is 0 Å². The zero-order valence-corrected chi connectivity index (χ0v) is 21.0. The van der Waals surface area contributed by atoms with Crippen molar-refractivity contribution in [1.82, 2.24) is 10.2 Å². The topological polar surface area (TPSA) is 70.3 Å². The molecule has 0 spiro atoms. The van der Waals surface area contributed by atoms with Crippen molar-refractivity contribution in [1.29, 1.82) is 0 Å². The maximum atomic E-state index is 12.0. The molecule has 0 radical (unpaired) electrons. The highest BCUT2D eigenvalue weighted by Crippen LogP contribution is 2.38. The van der Waals surface area contributed by atoms with Crippen LogP contribution in [-0.2, 0) is 16.0 Å². The van der Waals surface area contributed by atoms with Gasteiger partial charge >= 0.3 is 0 Å². The second kappa shape index (κ2) is 12.2. The zero-order chi connectivity index (χ0) is 21.5. The number of para-hydroxylation sites is 1. The lowest BCUT2D eigenvalue weighted by molar-refractivity contribution is -0.127. The third kappa shape index (κ3) is 6.04. The van der Waals surface area contributed by atoms with E-state index in [4.69, 9.17) is 14.1 Å². The molecule has 2 aromatic rings. The fourth-order valence-corrected chi connectivity index (χ4v) is 4.43. The number of fused-ring (bicyclic) bond motifs is 1. The summed E-state index contributed by atoms with van der Waals surface area (Å²) < 4.78 is 10.7. The molecule has 1 fully saturated rings. The minimum Gasteiger partial charge on any atom is -0.469 e. The molecular weight excluding hydrogens is 519 g/mol. The van der Waals surface area contributed by atoms with Crippen LogP contribution in [0.5, 0.6) is 0 Å². The van der Waals surface area contributed by atoms with E-state index in [0.717, 1.165) is 57.2 Å². The molecule has 0 aliphatic carbocycles. The number of nitrogens with one attached hydrogen (secondary N) is 1. The second-order valence-corrected chi connectivity index (χ2v) is 8.09.